The maximum atomic E-state index is 6.03. The zero-order chi connectivity index (χ0) is 14.2. The first kappa shape index (κ1) is 13.2. The van der Waals surface area contributed by atoms with E-state index >= 15 is 0 Å². The van der Waals surface area contributed by atoms with Crippen LogP contribution in [-0.2, 0) is 4.74 Å². The summed E-state index contributed by atoms with van der Waals surface area (Å²) in [7, 11) is 0. The summed E-state index contributed by atoms with van der Waals surface area (Å²) in [5.41, 5.74) is 8.69. The molecule has 0 saturated carbocycles. The Labute approximate surface area is 128 Å². The van der Waals surface area contributed by atoms with Crippen molar-refractivity contribution >= 4 is 17.0 Å². The van der Waals surface area contributed by atoms with Crippen molar-refractivity contribution in [1.29, 1.82) is 0 Å². The van der Waals surface area contributed by atoms with Gasteiger partial charge >= 0.3 is 0 Å². The lowest BCUT2D eigenvalue weighted by Crippen LogP contribution is -2.42. The van der Waals surface area contributed by atoms with Crippen LogP contribution >= 0.6 is 11.3 Å². The van der Waals surface area contributed by atoms with Gasteiger partial charge in [-0.2, -0.15) is 0 Å². The number of hydrogen-bond donors (Lipinski definition) is 1. The minimum atomic E-state index is 0.124. The van der Waals surface area contributed by atoms with E-state index in [9.17, 15) is 0 Å². The van der Waals surface area contributed by atoms with E-state index in [2.05, 4.69) is 10.3 Å². The number of thiazole rings is 1. The monoisotopic (exact) mass is 301 g/mol. The number of nitrogens with zero attached hydrogens (tertiary/aromatic N) is 2. The van der Waals surface area contributed by atoms with Crippen molar-refractivity contribution in [3.05, 3.63) is 34.7 Å². The van der Waals surface area contributed by atoms with Gasteiger partial charge in [0.25, 0.3) is 0 Å². The van der Waals surface area contributed by atoms with Crippen molar-refractivity contribution in [2.75, 3.05) is 25.4 Å². The molecule has 1 aromatic carbocycles. The highest BCUT2D eigenvalue weighted by Gasteiger charge is 2.34. The van der Waals surface area contributed by atoms with Crippen LogP contribution in [0, 0.1) is 0 Å². The van der Waals surface area contributed by atoms with Crippen LogP contribution in [0.5, 0.6) is 0 Å². The lowest BCUT2D eigenvalue weighted by molar-refractivity contribution is -0.0502. The van der Waals surface area contributed by atoms with Crippen LogP contribution in [0.15, 0.2) is 29.6 Å². The van der Waals surface area contributed by atoms with Crippen molar-refractivity contribution in [3.63, 3.8) is 0 Å². The van der Waals surface area contributed by atoms with Crippen molar-refractivity contribution < 1.29 is 4.74 Å². The van der Waals surface area contributed by atoms with Gasteiger partial charge in [-0.1, -0.05) is 12.1 Å². The first-order chi connectivity index (χ1) is 10.3. The van der Waals surface area contributed by atoms with E-state index in [-0.39, 0.29) is 6.10 Å². The molecule has 1 aromatic heterocycles. The molecule has 2 atom stereocenters. The fourth-order valence-corrected chi connectivity index (χ4v) is 4.10. The summed E-state index contributed by atoms with van der Waals surface area (Å²) in [5, 5.41) is 3.18. The first-order valence-corrected chi connectivity index (χ1v) is 8.34. The van der Waals surface area contributed by atoms with Crippen molar-refractivity contribution in [3.8, 4) is 11.3 Å². The van der Waals surface area contributed by atoms with E-state index in [1.54, 1.807) is 11.3 Å². The van der Waals surface area contributed by atoms with E-state index in [4.69, 9.17) is 15.5 Å². The summed E-state index contributed by atoms with van der Waals surface area (Å²) in [6, 6.07) is 8.52. The molecule has 21 heavy (non-hydrogen) atoms. The second-order valence-electron chi connectivity index (χ2n) is 5.81. The average molecular weight is 301 g/mol. The Morgan fingerprint density at radius 3 is 3.24 bits per heavy atom. The maximum absolute atomic E-state index is 6.03. The Morgan fingerprint density at radius 2 is 2.33 bits per heavy atom. The highest BCUT2D eigenvalue weighted by Crippen LogP contribution is 2.33. The largest absolute Gasteiger partial charge is 0.399 e. The van der Waals surface area contributed by atoms with Gasteiger partial charge in [-0.3, -0.25) is 4.90 Å². The standard InChI is InChI=1S/C16H19N3OS/c17-12-4-1-3-11(7-12)14-10-21-16(18-14)15-8-19-6-2-5-13(19)9-20-15/h1,3-4,7,10,13,15H,2,5-6,8-9,17H2. The first-order valence-electron chi connectivity index (χ1n) is 7.46. The third-order valence-electron chi connectivity index (χ3n) is 4.37. The second-order valence-corrected chi connectivity index (χ2v) is 6.70. The van der Waals surface area contributed by atoms with Gasteiger partial charge < -0.3 is 10.5 Å². The molecule has 4 nitrogen and oxygen atoms in total. The van der Waals surface area contributed by atoms with Crippen LogP contribution in [0.4, 0.5) is 5.69 Å². The highest BCUT2D eigenvalue weighted by molar-refractivity contribution is 7.10. The van der Waals surface area contributed by atoms with Crippen molar-refractivity contribution in [1.82, 2.24) is 9.88 Å². The van der Waals surface area contributed by atoms with Gasteiger partial charge in [-0.05, 0) is 31.5 Å². The lowest BCUT2D eigenvalue weighted by Gasteiger charge is -2.34. The van der Waals surface area contributed by atoms with Crippen molar-refractivity contribution in [2.24, 2.45) is 0 Å². The molecule has 0 amide bonds. The van der Waals surface area contributed by atoms with Gasteiger partial charge in [0.15, 0.2) is 0 Å². The normalized spacial score (nSPS) is 25.9. The van der Waals surface area contributed by atoms with E-state index in [1.807, 2.05) is 24.3 Å². The smallest absolute Gasteiger partial charge is 0.124 e. The number of benzene rings is 1. The Balaban J connectivity index is 1.54. The molecule has 2 saturated heterocycles. The van der Waals surface area contributed by atoms with E-state index in [0.717, 1.165) is 35.1 Å². The van der Waals surface area contributed by atoms with Crippen LogP contribution in [0.1, 0.15) is 24.0 Å². The van der Waals surface area contributed by atoms with Crippen LogP contribution in [0.2, 0.25) is 0 Å². The fourth-order valence-electron chi connectivity index (χ4n) is 3.23. The highest BCUT2D eigenvalue weighted by atomic mass is 32.1. The SMILES string of the molecule is Nc1cccc(-c2csc(C3CN4CCCC4CO3)n2)c1. The molecule has 3 heterocycles. The zero-order valence-corrected chi connectivity index (χ0v) is 12.7. The summed E-state index contributed by atoms with van der Waals surface area (Å²) in [6.07, 6.45) is 2.70. The number of hydrogen-bond acceptors (Lipinski definition) is 5. The number of ether oxygens (including phenoxy) is 1. The maximum Gasteiger partial charge on any atom is 0.124 e. The number of fused-ring (bicyclic) bond motifs is 1. The summed E-state index contributed by atoms with van der Waals surface area (Å²) in [5.74, 6) is 0. The predicted molar refractivity (Wildman–Crippen MR) is 85.3 cm³/mol. The third-order valence-corrected chi connectivity index (χ3v) is 5.31. The molecule has 2 fully saturated rings. The number of nitrogens with two attached hydrogens (primary N) is 1. The quantitative estimate of drug-likeness (QED) is 0.867. The van der Waals surface area contributed by atoms with Gasteiger partial charge in [-0.15, -0.1) is 11.3 Å². The van der Waals surface area contributed by atoms with Gasteiger partial charge in [0.05, 0.1) is 12.3 Å². The molecule has 0 spiro atoms. The number of aromatic nitrogens is 1. The molecule has 110 valence electrons. The number of anilines is 1. The predicted octanol–water partition coefficient (Wildman–Crippen LogP) is 2.93. The molecule has 0 radical (unpaired) electrons. The molecule has 2 unspecified atom stereocenters. The Morgan fingerprint density at radius 1 is 1.38 bits per heavy atom. The second kappa shape index (κ2) is 5.40. The minimum absolute atomic E-state index is 0.124. The van der Waals surface area contributed by atoms with E-state index in [1.165, 1.54) is 19.4 Å². The molecule has 2 aliphatic heterocycles. The number of morpholine rings is 1. The molecule has 2 N–H and O–H groups in total. The molecular weight excluding hydrogens is 282 g/mol. The molecular formula is C16H19N3OS. The molecule has 0 bridgehead atoms. The average Bonchev–Trinajstić information content (AvgIpc) is 3.15. The minimum Gasteiger partial charge on any atom is -0.399 e. The topological polar surface area (TPSA) is 51.4 Å². The summed E-state index contributed by atoms with van der Waals surface area (Å²) in [4.78, 5) is 7.32. The zero-order valence-electron chi connectivity index (χ0n) is 11.9. The van der Waals surface area contributed by atoms with Gasteiger partial charge in [-0.25, -0.2) is 4.98 Å². The van der Waals surface area contributed by atoms with E-state index in [0.29, 0.717) is 6.04 Å². The van der Waals surface area contributed by atoms with Crippen LogP contribution < -0.4 is 5.73 Å². The molecule has 0 aliphatic carbocycles. The molecule has 4 rings (SSSR count). The van der Waals surface area contributed by atoms with Gasteiger partial charge in [0, 0.05) is 29.2 Å². The van der Waals surface area contributed by atoms with Crippen LogP contribution in [0.25, 0.3) is 11.3 Å². The lowest BCUT2D eigenvalue weighted by atomic mass is 10.1. The van der Waals surface area contributed by atoms with Crippen molar-refractivity contribution in [2.45, 2.75) is 25.0 Å². The molecule has 2 aromatic rings. The Hall–Kier alpha value is -1.43. The van der Waals surface area contributed by atoms with Gasteiger partial charge in [0.2, 0.25) is 0 Å². The van der Waals surface area contributed by atoms with Gasteiger partial charge in [0.1, 0.15) is 11.1 Å². The summed E-state index contributed by atoms with van der Waals surface area (Å²) >= 11 is 1.69. The number of rotatable bonds is 2. The van der Waals surface area contributed by atoms with Crippen LogP contribution in [0.3, 0.4) is 0 Å². The Bertz CT molecular complexity index is 642. The molecule has 2 aliphatic rings. The van der Waals surface area contributed by atoms with E-state index < -0.39 is 0 Å². The number of nitrogen functional groups attached to an aromatic ring is 1. The Kier molecular flexibility index (Phi) is 3.41. The fraction of sp³-hybridized carbons (Fsp3) is 0.438. The van der Waals surface area contributed by atoms with Crippen LogP contribution in [-0.4, -0.2) is 35.6 Å². The third kappa shape index (κ3) is 2.57. The molecule has 5 heteroatoms. The summed E-state index contributed by atoms with van der Waals surface area (Å²) < 4.78 is 6.03. The summed E-state index contributed by atoms with van der Waals surface area (Å²) in [6.45, 7) is 3.03.